The van der Waals surface area contributed by atoms with E-state index in [0.29, 0.717) is 23.3 Å². The molecule has 1 aliphatic carbocycles. The van der Waals surface area contributed by atoms with Gasteiger partial charge >= 0.3 is 0 Å². The molecule has 0 heterocycles. The molecule has 34 heavy (non-hydrogen) atoms. The topological polar surface area (TPSA) is 78.4 Å². The van der Waals surface area contributed by atoms with Crippen LogP contribution in [0.25, 0.3) is 10.8 Å². The van der Waals surface area contributed by atoms with Crippen molar-refractivity contribution in [2.45, 2.75) is 50.0 Å². The van der Waals surface area contributed by atoms with Crippen molar-refractivity contribution in [3.8, 4) is 0 Å². The zero-order valence-corrected chi connectivity index (χ0v) is 20.7. The van der Waals surface area contributed by atoms with Gasteiger partial charge in [-0.15, -0.1) is 0 Å². The first kappa shape index (κ1) is 24.9. The minimum absolute atomic E-state index is 0.0629. The van der Waals surface area contributed by atoms with Gasteiger partial charge in [0, 0.05) is 18.0 Å². The third-order valence-electron chi connectivity index (χ3n) is 7.09. The van der Waals surface area contributed by atoms with Gasteiger partial charge in [-0.3, -0.25) is 0 Å². The van der Waals surface area contributed by atoms with E-state index in [1.165, 1.54) is 11.1 Å². The Morgan fingerprint density at radius 2 is 1.53 bits per heavy atom. The van der Waals surface area contributed by atoms with Crippen molar-refractivity contribution in [1.29, 1.82) is 0 Å². The van der Waals surface area contributed by atoms with Crippen molar-refractivity contribution in [1.82, 2.24) is 10.0 Å². The average Bonchev–Trinajstić information content (AvgIpc) is 2.86. The highest BCUT2D eigenvalue weighted by atomic mass is 32.2. The smallest absolute Gasteiger partial charge is 0.241 e. The lowest BCUT2D eigenvalue weighted by Gasteiger charge is -2.30. The molecule has 182 valence electrons. The molecule has 1 unspecified atom stereocenters. The minimum atomic E-state index is -3.55. The van der Waals surface area contributed by atoms with Crippen LogP contribution in [0.2, 0.25) is 0 Å². The fraction of sp³-hybridized carbons (Fsp3) is 0.429. The summed E-state index contributed by atoms with van der Waals surface area (Å²) in [4.78, 5) is 0.354. The Morgan fingerprint density at radius 3 is 2.24 bits per heavy atom. The zero-order valence-electron chi connectivity index (χ0n) is 19.9. The molecule has 6 heteroatoms. The predicted octanol–water partition coefficient (Wildman–Crippen LogP) is 4.43. The van der Waals surface area contributed by atoms with Gasteiger partial charge in [-0.1, -0.05) is 66.2 Å². The van der Waals surface area contributed by atoms with E-state index in [1.54, 1.807) is 12.1 Å². The molecule has 1 saturated carbocycles. The van der Waals surface area contributed by atoms with Gasteiger partial charge in [-0.2, -0.15) is 0 Å². The van der Waals surface area contributed by atoms with Crippen LogP contribution in [0.1, 0.15) is 36.8 Å². The monoisotopic (exact) mass is 480 g/mol. The van der Waals surface area contributed by atoms with Crippen LogP contribution >= 0.6 is 0 Å². The van der Waals surface area contributed by atoms with E-state index in [1.807, 2.05) is 30.3 Å². The van der Waals surface area contributed by atoms with Crippen molar-refractivity contribution < 1.29 is 13.5 Å². The zero-order chi connectivity index (χ0) is 24.0. The standard InChI is InChI=1S/C28H36N2O3S/c1-21-9-11-22(12-10-21)17-26(20-31)29-18-23-13-15-24(16-14-23)19-30-34(32,33)28-8-4-6-25-5-2-3-7-27(25)28/h2-12,23-24,26,29-31H,13-20H2,1H3. The molecule has 0 saturated heterocycles. The molecule has 0 radical (unpaired) electrons. The highest BCUT2D eigenvalue weighted by Crippen LogP contribution is 2.29. The van der Waals surface area contributed by atoms with Crippen molar-refractivity contribution in [3.05, 3.63) is 77.9 Å². The maximum atomic E-state index is 13.0. The normalized spacial score (nSPS) is 19.8. The van der Waals surface area contributed by atoms with Crippen molar-refractivity contribution >= 4 is 20.8 Å². The van der Waals surface area contributed by atoms with Crippen LogP contribution in [-0.4, -0.2) is 39.3 Å². The highest BCUT2D eigenvalue weighted by Gasteiger charge is 2.24. The maximum absolute atomic E-state index is 13.0. The maximum Gasteiger partial charge on any atom is 0.241 e. The van der Waals surface area contributed by atoms with E-state index in [0.717, 1.165) is 49.4 Å². The molecule has 0 aliphatic heterocycles. The molecule has 0 aromatic heterocycles. The lowest BCUT2D eigenvalue weighted by atomic mass is 9.82. The first-order valence-electron chi connectivity index (χ1n) is 12.3. The summed E-state index contributed by atoms with van der Waals surface area (Å²) < 4.78 is 28.8. The van der Waals surface area contributed by atoms with Crippen LogP contribution in [0, 0.1) is 18.8 Å². The van der Waals surface area contributed by atoms with Gasteiger partial charge in [0.05, 0.1) is 11.5 Å². The lowest BCUT2D eigenvalue weighted by Crippen LogP contribution is -2.39. The number of hydrogen-bond acceptors (Lipinski definition) is 4. The Hall–Kier alpha value is -2.25. The largest absolute Gasteiger partial charge is 0.395 e. The van der Waals surface area contributed by atoms with Gasteiger partial charge in [0.15, 0.2) is 0 Å². The molecule has 1 atom stereocenters. The van der Waals surface area contributed by atoms with Crippen molar-refractivity contribution in [2.75, 3.05) is 19.7 Å². The van der Waals surface area contributed by atoms with E-state index in [2.05, 4.69) is 41.2 Å². The summed E-state index contributed by atoms with van der Waals surface area (Å²) >= 11 is 0. The Bertz CT molecular complexity index is 1160. The Morgan fingerprint density at radius 1 is 0.882 bits per heavy atom. The quantitative estimate of drug-likeness (QED) is 0.401. The van der Waals surface area contributed by atoms with Gasteiger partial charge in [0.2, 0.25) is 10.0 Å². The number of hydrogen-bond donors (Lipinski definition) is 3. The van der Waals surface area contributed by atoms with Gasteiger partial charge in [-0.25, -0.2) is 13.1 Å². The summed E-state index contributed by atoms with van der Waals surface area (Å²) in [5.41, 5.74) is 2.48. The summed E-state index contributed by atoms with van der Waals surface area (Å²) in [5.74, 6) is 0.931. The molecule has 0 spiro atoms. The molecular formula is C28H36N2O3S. The van der Waals surface area contributed by atoms with Gasteiger partial charge in [-0.05, 0) is 74.4 Å². The molecule has 1 fully saturated rings. The van der Waals surface area contributed by atoms with E-state index < -0.39 is 10.0 Å². The van der Waals surface area contributed by atoms with Gasteiger partial charge in [0.25, 0.3) is 0 Å². The van der Waals surface area contributed by atoms with E-state index in [-0.39, 0.29) is 12.6 Å². The van der Waals surface area contributed by atoms with E-state index >= 15 is 0 Å². The first-order valence-corrected chi connectivity index (χ1v) is 13.8. The van der Waals surface area contributed by atoms with Crippen LogP contribution in [0.3, 0.4) is 0 Å². The molecule has 0 bridgehead atoms. The molecule has 0 amide bonds. The fourth-order valence-electron chi connectivity index (χ4n) is 4.92. The molecule has 3 N–H and O–H groups in total. The number of rotatable bonds is 10. The highest BCUT2D eigenvalue weighted by molar-refractivity contribution is 7.89. The Balaban J connectivity index is 1.23. The molecule has 5 nitrogen and oxygen atoms in total. The second-order valence-electron chi connectivity index (χ2n) is 9.69. The molecule has 4 rings (SSSR count). The second-order valence-corrected chi connectivity index (χ2v) is 11.4. The number of aryl methyl sites for hydroxylation is 1. The van der Waals surface area contributed by atoms with Crippen LogP contribution in [0.4, 0.5) is 0 Å². The summed E-state index contributed by atoms with van der Waals surface area (Å²) in [7, 11) is -3.55. The summed E-state index contributed by atoms with van der Waals surface area (Å²) in [6.07, 6.45) is 5.02. The summed E-state index contributed by atoms with van der Waals surface area (Å²) in [6.45, 7) is 3.58. The van der Waals surface area contributed by atoms with Crippen LogP contribution in [-0.2, 0) is 16.4 Å². The molecular weight excluding hydrogens is 444 g/mol. The number of aliphatic hydroxyl groups excluding tert-OH is 1. The average molecular weight is 481 g/mol. The van der Waals surface area contributed by atoms with E-state index in [4.69, 9.17) is 0 Å². The van der Waals surface area contributed by atoms with Crippen LogP contribution in [0.15, 0.2) is 71.6 Å². The number of nitrogens with one attached hydrogen (secondary N) is 2. The minimum Gasteiger partial charge on any atom is -0.395 e. The van der Waals surface area contributed by atoms with Crippen LogP contribution in [0.5, 0.6) is 0 Å². The molecule has 3 aromatic rings. The third-order valence-corrected chi connectivity index (χ3v) is 8.57. The van der Waals surface area contributed by atoms with E-state index in [9.17, 15) is 13.5 Å². The third kappa shape index (κ3) is 6.45. The van der Waals surface area contributed by atoms with Crippen molar-refractivity contribution in [3.63, 3.8) is 0 Å². The van der Waals surface area contributed by atoms with Crippen molar-refractivity contribution in [2.24, 2.45) is 11.8 Å². The fourth-order valence-corrected chi connectivity index (χ4v) is 6.26. The SMILES string of the molecule is Cc1ccc(CC(CO)NCC2CCC(CNS(=O)(=O)c3cccc4ccccc34)CC2)cc1. The predicted molar refractivity (Wildman–Crippen MR) is 138 cm³/mol. The number of benzene rings is 3. The van der Waals surface area contributed by atoms with Gasteiger partial charge < -0.3 is 10.4 Å². The summed E-state index contributed by atoms with van der Waals surface area (Å²) in [5, 5.41) is 15.0. The molecule has 1 aliphatic rings. The summed E-state index contributed by atoms with van der Waals surface area (Å²) in [6, 6.07) is 21.6. The van der Waals surface area contributed by atoms with Crippen LogP contribution < -0.4 is 10.0 Å². The number of sulfonamides is 1. The lowest BCUT2D eigenvalue weighted by molar-refractivity contribution is 0.218. The second kappa shape index (κ2) is 11.5. The first-order chi connectivity index (χ1) is 16.4. The number of fused-ring (bicyclic) bond motifs is 1. The number of aliphatic hydroxyl groups is 1. The van der Waals surface area contributed by atoms with Gasteiger partial charge in [0.1, 0.15) is 0 Å². The Labute approximate surface area is 203 Å². The molecule has 3 aromatic carbocycles. The Kier molecular flexibility index (Phi) is 8.37.